The second-order valence-corrected chi connectivity index (χ2v) is 3.68. The van der Waals surface area contributed by atoms with Crippen LogP contribution in [-0.2, 0) is 0 Å². The first-order chi connectivity index (χ1) is 8.20. The molecule has 0 fully saturated rings. The average molecular weight is 221 g/mol. The molecule has 3 heteroatoms. The number of benzene rings is 2. The number of rotatable bonds is 2. The molecule has 0 aliphatic carbocycles. The van der Waals surface area contributed by atoms with Gasteiger partial charge in [0.05, 0.1) is 11.6 Å². The van der Waals surface area contributed by atoms with E-state index in [0.29, 0.717) is 11.1 Å². The molecular formula is C14H11N3. The molecule has 0 amide bonds. The first-order valence-electron chi connectivity index (χ1n) is 5.16. The molecule has 17 heavy (non-hydrogen) atoms. The number of nitrogens with two attached hydrogens (primary N) is 1. The summed E-state index contributed by atoms with van der Waals surface area (Å²) in [4.78, 5) is 0. The van der Waals surface area contributed by atoms with Gasteiger partial charge in [-0.2, -0.15) is 5.26 Å². The van der Waals surface area contributed by atoms with E-state index < -0.39 is 0 Å². The molecule has 2 rings (SSSR count). The number of nitrogens with zero attached hydrogens (tertiary/aromatic N) is 1. The highest BCUT2D eigenvalue weighted by molar-refractivity contribution is 5.96. The third-order valence-corrected chi connectivity index (χ3v) is 2.52. The number of hydrogen-bond donors (Lipinski definition) is 2. The summed E-state index contributed by atoms with van der Waals surface area (Å²) >= 11 is 0. The van der Waals surface area contributed by atoms with E-state index in [1.807, 2.05) is 30.3 Å². The molecular weight excluding hydrogens is 210 g/mol. The SMILES string of the molecule is N#Cc1ccc(-c2cccc(C(=N)N)c2)cc1. The van der Waals surface area contributed by atoms with Crippen molar-refractivity contribution < 1.29 is 0 Å². The van der Waals surface area contributed by atoms with E-state index in [1.165, 1.54) is 0 Å². The van der Waals surface area contributed by atoms with Crippen molar-refractivity contribution in [2.75, 3.05) is 0 Å². The zero-order valence-electron chi connectivity index (χ0n) is 9.14. The van der Waals surface area contributed by atoms with Crippen LogP contribution >= 0.6 is 0 Å². The fraction of sp³-hybridized carbons (Fsp3) is 0. The Bertz CT molecular complexity index is 592. The number of hydrogen-bond acceptors (Lipinski definition) is 2. The smallest absolute Gasteiger partial charge is 0.122 e. The van der Waals surface area contributed by atoms with Gasteiger partial charge in [0.2, 0.25) is 0 Å². The predicted molar refractivity (Wildman–Crippen MR) is 67.6 cm³/mol. The second kappa shape index (κ2) is 4.50. The van der Waals surface area contributed by atoms with Crippen molar-refractivity contribution in [3.8, 4) is 17.2 Å². The van der Waals surface area contributed by atoms with E-state index >= 15 is 0 Å². The highest BCUT2D eigenvalue weighted by Gasteiger charge is 2.01. The number of nitrogen functional groups attached to an aromatic ring is 1. The maximum Gasteiger partial charge on any atom is 0.122 e. The lowest BCUT2D eigenvalue weighted by Crippen LogP contribution is -2.10. The molecule has 0 unspecified atom stereocenters. The van der Waals surface area contributed by atoms with Crippen molar-refractivity contribution in [3.63, 3.8) is 0 Å². The van der Waals surface area contributed by atoms with Crippen LogP contribution < -0.4 is 5.73 Å². The molecule has 0 spiro atoms. The quantitative estimate of drug-likeness (QED) is 0.604. The molecule has 0 atom stereocenters. The van der Waals surface area contributed by atoms with Crippen LogP contribution in [-0.4, -0.2) is 5.84 Å². The molecule has 0 aromatic heterocycles. The topological polar surface area (TPSA) is 73.7 Å². The van der Waals surface area contributed by atoms with Crippen LogP contribution in [0.3, 0.4) is 0 Å². The van der Waals surface area contributed by atoms with E-state index in [4.69, 9.17) is 16.4 Å². The zero-order chi connectivity index (χ0) is 12.3. The Hall–Kier alpha value is -2.60. The molecule has 0 saturated heterocycles. The predicted octanol–water partition coefficient (Wildman–Crippen LogP) is 2.51. The van der Waals surface area contributed by atoms with Gasteiger partial charge in [-0.3, -0.25) is 5.41 Å². The first kappa shape index (κ1) is 10.9. The van der Waals surface area contributed by atoms with Crippen molar-refractivity contribution in [2.45, 2.75) is 0 Å². The van der Waals surface area contributed by atoms with Gasteiger partial charge in [0.1, 0.15) is 5.84 Å². The normalized spacial score (nSPS) is 9.59. The van der Waals surface area contributed by atoms with E-state index in [-0.39, 0.29) is 5.84 Å². The molecule has 2 aromatic rings. The van der Waals surface area contributed by atoms with E-state index in [0.717, 1.165) is 11.1 Å². The van der Waals surface area contributed by atoms with Gasteiger partial charge in [-0.05, 0) is 29.3 Å². The molecule has 0 bridgehead atoms. The lowest BCUT2D eigenvalue weighted by atomic mass is 10.0. The molecule has 3 nitrogen and oxygen atoms in total. The Morgan fingerprint density at radius 1 is 1.06 bits per heavy atom. The third kappa shape index (κ3) is 2.32. The Kier molecular flexibility index (Phi) is 2.89. The van der Waals surface area contributed by atoms with E-state index in [1.54, 1.807) is 18.2 Å². The van der Waals surface area contributed by atoms with Crippen LogP contribution in [0.4, 0.5) is 0 Å². The van der Waals surface area contributed by atoms with Crippen LogP contribution in [0.2, 0.25) is 0 Å². The minimum Gasteiger partial charge on any atom is -0.384 e. The molecule has 3 N–H and O–H groups in total. The van der Waals surface area contributed by atoms with Crippen molar-refractivity contribution in [1.29, 1.82) is 10.7 Å². The fourth-order valence-corrected chi connectivity index (χ4v) is 1.60. The van der Waals surface area contributed by atoms with E-state index in [9.17, 15) is 0 Å². The summed E-state index contributed by atoms with van der Waals surface area (Å²) in [5.74, 6) is 0.0560. The van der Waals surface area contributed by atoms with Crippen LogP contribution in [0, 0.1) is 16.7 Å². The summed E-state index contributed by atoms with van der Waals surface area (Å²) in [6.07, 6.45) is 0. The summed E-state index contributed by atoms with van der Waals surface area (Å²) in [6.45, 7) is 0. The van der Waals surface area contributed by atoms with Gasteiger partial charge in [0.15, 0.2) is 0 Å². The molecule has 0 radical (unpaired) electrons. The lowest BCUT2D eigenvalue weighted by molar-refractivity contribution is 1.42. The van der Waals surface area contributed by atoms with E-state index in [2.05, 4.69) is 6.07 Å². The summed E-state index contributed by atoms with van der Waals surface area (Å²) in [5.41, 5.74) is 8.78. The molecule has 0 aliphatic heterocycles. The van der Waals surface area contributed by atoms with Gasteiger partial charge in [0.25, 0.3) is 0 Å². The summed E-state index contributed by atoms with van der Waals surface area (Å²) in [5, 5.41) is 16.1. The fourth-order valence-electron chi connectivity index (χ4n) is 1.60. The molecule has 2 aromatic carbocycles. The zero-order valence-corrected chi connectivity index (χ0v) is 9.14. The first-order valence-corrected chi connectivity index (χ1v) is 5.16. The minimum atomic E-state index is 0.0560. The largest absolute Gasteiger partial charge is 0.384 e. The van der Waals surface area contributed by atoms with Gasteiger partial charge >= 0.3 is 0 Å². The number of amidine groups is 1. The standard InChI is InChI=1S/C14H11N3/c15-9-10-4-6-11(7-5-10)12-2-1-3-13(8-12)14(16)17/h1-8H,(H3,16,17). The third-order valence-electron chi connectivity index (χ3n) is 2.52. The molecule has 82 valence electrons. The summed E-state index contributed by atoms with van der Waals surface area (Å²) in [7, 11) is 0. The number of nitrogens with one attached hydrogen (secondary N) is 1. The minimum absolute atomic E-state index is 0.0560. The summed E-state index contributed by atoms with van der Waals surface area (Å²) < 4.78 is 0. The Morgan fingerprint density at radius 2 is 1.76 bits per heavy atom. The molecule has 0 saturated carbocycles. The van der Waals surface area contributed by atoms with Gasteiger partial charge in [0, 0.05) is 5.56 Å². The Balaban J connectivity index is 2.42. The Labute approximate surface area is 99.6 Å². The van der Waals surface area contributed by atoms with Crippen LogP contribution in [0.25, 0.3) is 11.1 Å². The maximum atomic E-state index is 8.72. The lowest BCUT2D eigenvalue weighted by Gasteiger charge is -2.04. The number of nitriles is 1. The van der Waals surface area contributed by atoms with Crippen LogP contribution in [0.15, 0.2) is 48.5 Å². The Morgan fingerprint density at radius 3 is 2.35 bits per heavy atom. The van der Waals surface area contributed by atoms with Gasteiger partial charge in [-0.1, -0.05) is 30.3 Å². The van der Waals surface area contributed by atoms with Crippen molar-refractivity contribution >= 4 is 5.84 Å². The van der Waals surface area contributed by atoms with Crippen molar-refractivity contribution in [2.24, 2.45) is 5.73 Å². The molecule has 0 heterocycles. The van der Waals surface area contributed by atoms with Gasteiger partial charge < -0.3 is 5.73 Å². The van der Waals surface area contributed by atoms with Crippen molar-refractivity contribution in [1.82, 2.24) is 0 Å². The van der Waals surface area contributed by atoms with Crippen LogP contribution in [0.5, 0.6) is 0 Å². The van der Waals surface area contributed by atoms with Gasteiger partial charge in [-0.25, -0.2) is 0 Å². The van der Waals surface area contributed by atoms with Crippen LogP contribution in [0.1, 0.15) is 11.1 Å². The highest BCUT2D eigenvalue weighted by Crippen LogP contribution is 2.20. The van der Waals surface area contributed by atoms with Gasteiger partial charge in [-0.15, -0.1) is 0 Å². The molecule has 0 aliphatic rings. The monoisotopic (exact) mass is 221 g/mol. The maximum absolute atomic E-state index is 8.72. The van der Waals surface area contributed by atoms with Crippen molar-refractivity contribution in [3.05, 3.63) is 59.7 Å². The average Bonchev–Trinajstić information content (AvgIpc) is 2.39. The second-order valence-electron chi connectivity index (χ2n) is 3.68. The summed E-state index contributed by atoms with van der Waals surface area (Å²) in [6, 6.07) is 16.9. The highest BCUT2D eigenvalue weighted by atomic mass is 14.7.